The lowest BCUT2D eigenvalue weighted by molar-refractivity contribution is -0.138. The highest BCUT2D eigenvalue weighted by Gasteiger charge is 2.34. The van der Waals surface area contributed by atoms with Crippen molar-refractivity contribution in [3.63, 3.8) is 0 Å². The van der Waals surface area contributed by atoms with Gasteiger partial charge in [0.2, 0.25) is 0 Å². The maximum Gasteiger partial charge on any atom is 0.344 e. The summed E-state index contributed by atoms with van der Waals surface area (Å²) in [5, 5.41) is 11.1. The monoisotopic (exact) mass is 513 g/mol. The third-order valence-electron chi connectivity index (χ3n) is 5.63. The second-order valence-electron chi connectivity index (χ2n) is 8.41. The lowest BCUT2D eigenvalue weighted by Gasteiger charge is -2.10. The van der Waals surface area contributed by atoms with Gasteiger partial charge in [-0.3, -0.25) is 4.79 Å². The molecule has 1 aliphatic heterocycles. The molecule has 188 valence electrons. The van der Waals surface area contributed by atoms with Gasteiger partial charge in [-0.15, -0.1) is 0 Å². The molecule has 0 spiro atoms. The Morgan fingerprint density at radius 1 is 1.00 bits per heavy atom. The van der Waals surface area contributed by atoms with E-state index in [1.165, 1.54) is 0 Å². The van der Waals surface area contributed by atoms with Gasteiger partial charge < -0.3 is 14.6 Å². The second kappa shape index (κ2) is 11.8. The Morgan fingerprint density at radius 2 is 1.76 bits per heavy atom. The standard InChI is InChI=1S/C30H27NO5S/c1-4-35-30(34)26-27(32)25(37-29(26)31-28(33)23-14-7-5-11-20(23)3)17-22-13-6-8-15-24(22)36-18-21-12-9-10-19(2)16-21/h5-17,32H,4,18H2,1-3H3/b25-17-,31-29?. The van der Waals surface area contributed by atoms with Crippen molar-refractivity contribution in [3.05, 3.63) is 117 Å². The molecule has 0 atom stereocenters. The number of aliphatic imine (C=N–C) groups is 1. The number of nitrogens with zero attached hydrogens (tertiary/aromatic N) is 1. The highest BCUT2D eigenvalue weighted by Crippen LogP contribution is 2.40. The summed E-state index contributed by atoms with van der Waals surface area (Å²) in [6, 6.07) is 22.5. The van der Waals surface area contributed by atoms with Crippen LogP contribution in [0.4, 0.5) is 0 Å². The Labute approximate surface area is 220 Å². The number of carbonyl (C=O) groups excluding carboxylic acids is 2. The fourth-order valence-corrected chi connectivity index (χ4v) is 4.80. The number of aliphatic hydroxyl groups excluding tert-OH is 1. The fourth-order valence-electron chi connectivity index (χ4n) is 3.79. The number of aryl methyl sites for hydroxylation is 2. The summed E-state index contributed by atoms with van der Waals surface area (Å²) in [7, 11) is 0. The number of hydrogen-bond acceptors (Lipinski definition) is 6. The minimum atomic E-state index is -0.740. The van der Waals surface area contributed by atoms with Crippen LogP contribution in [0.2, 0.25) is 0 Å². The average Bonchev–Trinajstić information content (AvgIpc) is 3.18. The summed E-state index contributed by atoms with van der Waals surface area (Å²) in [6.07, 6.45) is 1.71. The van der Waals surface area contributed by atoms with Crippen molar-refractivity contribution in [3.8, 4) is 5.75 Å². The molecule has 0 bridgehead atoms. The summed E-state index contributed by atoms with van der Waals surface area (Å²) in [4.78, 5) is 30.2. The first kappa shape index (κ1) is 26.0. The van der Waals surface area contributed by atoms with E-state index in [-0.39, 0.29) is 23.0 Å². The number of amides is 1. The number of esters is 1. The zero-order valence-corrected chi connectivity index (χ0v) is 21.7. The number of carbonyl (C=O) groups is 2. The van der Waals surface area contributed by atoms with Gasteiger partial charge in [0.05, 0.1) is 11.5 Å². The van der Waals surface area contributed by atoms with Crippen LogP contribution in [-0.4, -0.2) is 28.6 Å². The summed E-state index contributed by atoms with van der Waals surface area (Å²) >= 11 is 1.04. The maximum absolute atomic E-state index is 12.9. The van der Waals surface area contributed by atoms with Crippen molar-refractivity contribution in [2.45, 2.75) is 27.4 Å². The summed E-state index contributed by atoms with van der Waals surface area (Å²) in [6.45, 7) is 6.01. The highest BCUT2D eigenvalue weighted by atomic mass is 32.2. The molecule has 1 N–H and O–H groups in total. The second-order valence-corrected chi connectivity index (χ2v) is 9.44. The molecule has 0 saturated carbocycles. The molecule has 1 amide bonds. The molecule has 4 rings (SSSR count). The molecule has 0 aliphatic carbocycles. The molecular weight excluding hydrogens is 486 g/mol. The fraction of sp³-hybridized carbons (Fsp3) is 0.167. The van der Waals surface area contributed by atoms with E-state index in [2.05, 4.69) is 11.1 Å². The molecule has 0 unspecified atom stereocenters. The van der Waals surface area contributed by atoms with E-state index in [4.69, 9.17) is 9.47 Å². The smallest absolute Gasteiger partial charge is 0.344 e. The van der Waals surface area contributed by atoms with Crippen LogP contribution in [0.3, 0.4) is 0 Å². The van der Waals surface area contributed by atoms with Gasteiger partial charge in [0, 0.05) is 11.1 Å². The molecular formula is C30H27NO5S. The topological polar surface area (TPSA) is 85.2 Å². The average molecular weight is 514 g/mol. The lowest BCUT2D eigenvalue weighted by Crippen LogP contribution is -2.14. The van der Waals surface area contributed by atoms with Gasteiger partial charge in [0.15, 0.2) is 0 Å². The third-order valence-corrected chi connectivity index (χ3v) is 6.65. The van der Waals surface area contributed by atoms with Gasteiger partial charge in [0.25, 0.3) is 5.91 Å². The minimum absolute atomic E-state index is 0.0913. The van der Waals surface area contributed by atoms with Crippen LogP contribution in [0.15, 0.2) is 94.0 Å². The lowest BCUT2D eigenvalue weighted by atomic mass is 10.1. The Kier molecular flexibility index (Phi) is 8.25. The third kappa shape index (κ3) is 6.19. The van der Waals surface area contributed by atoms with E-state index < -0.39 is 11.9 Å². The van der Waals surface area contributed by atoms with E-state index in [9.17, 15) is 14.7 Å². The zero-order valence-electron chi connectivity index (χ0n) is 20.9. The van der Waals surface area contributed by atoms with Gasteiger partial charge >= 0.3 is 5.97 Å². The van der Waals surface area contributed by atoms with Crippen LogP contribution in [0.5, 0.6) is 5.75 Å². The van der Waals surface area contributed by atoms with Crippen LogP contribution < -0.4 is 4.74 Å². The predicted octanol–water partition coefficient (Wildman–Crippen LogP) is 6.58. The van der Waals surface area contributed by atoms with Crippen LogP contribution in [0, 0.1) is 13.8 Å². The molecule has 0 saturated heterocycles. The van der Waals surface area contributed by atoms with Crippen LogP contribution in [0.25, 0.3) is 6.08 Å². The molecule has 0 radical (unpaired) electrons. The molecule has 6 nitrogen and oxygen atoms in total. The Morgan fingerprint density at radius 3 is 2.51 bits per heavy atom. The molecule has 0 aromatic heterocycles. The van der Waals surface area contributed by atoms with Crippen molar-refractivity contribution >= 4 is 34.8 Å². The number of rotatable bonds is 7. The van der Waals surface area contributed by atoms with Gasteiger partial charge in [-0.25, -0.2) is 9.79 Å². The largest absolute Gasteiger partial charge is 0.506 e. The predicted molar refractivity (Wildman–Crippen MR) is 147 cm³/mol. The SMILES string of the molecule is CCOC(=O)C1=C(O)/C(=C/c2ccccc2OCc2cccc(C)c2)SC1=NC(=O)c1ccccc1C. The number of benzene rings is 3. The summed E-state index contributed by atoms with van der Waals surface area (Å²) in [5.74, 6) is -0.910. The van der Waals surface area contributed by atoms with Gasteiger partial charge in [-0.1, -0.05) is 78.0 Å². The van der Waals surface area contributed by atoms with Crippen molar-refractivity contribution in [1.29, 1.82) is 0 Å². The number of aliphatic hydroxyl groups is 1. The van der Waals surface area contributed by atoms with Crippen molar-refractivity contribution < 1.29 is 24.2 Å². The van der Waals surface area contributed by atoms with Crippen molar-refractivity contribution in [2.24, 2.45) is 4.99 Å². The van der Waals surface area contributed by atoms with Gasteiger partial charge in [-0.2, -0.15) is 0 Å². The number of para-hydroxylation sites is 1. The van der Waals surface area contributed by atoms with Crippen molar-refractivity contribution in [2.75, 3.05) is 6.61 Å². The first-order valence-corrected chi connectivity index (χ1v) is 12.7. The number of thioether (sulfide) groups is 1. The van der Waals surface area contributed by atoms with Crippen LogP contribution in [0.1, 0.15) is 39.5 Å². The Balaban J connectivity index is 1.67. The van der Waals surface area contributed by atoms with Gasteiger partial charge in [0.1, 0.15) is 28.7 Å². The zero-order chi connectivity index (χ0) is 26.4. The van der Waals surface area contributed by atoms with E-state index >= 15 is 0 Å². The molecule has 0 fully saturated rings. The molecule has 7 heteroatoms. The van der Waals surface area contributed by atoms with E-state index in [0.717, 1.165) is 28.5 Å². The Bertz CT molecular complexity index is 1440. The summed E-state index contributed by atoms with van der Waals surface area (Å²) in [5.41, 5.74) is 3.95. The molecule has 3 aromatic rings. The van der Waals surface area contributed by atoms with E-state index in [1.807, 2.05) is 68.4 Å². The first-order chi connectivity index (χ1) is 17.9. The Hall–Kier alpha value is -4.10. The quantitative estimate of drug-likeness (QED) is 0.359. The number of hydrogen-bond donors (Lipinski definition) is 1. The first-order valence-electron chi connectivity index (χ1n) is 11.8. The van der Waals surface area contributed by atoms with Crippen LogP contribution in [-0.2, 0) is 16.1 Å². The van der Waals surface area contributed by atoms with Crippen molar-refractivity contribution in [1.82, 2.24) is 0 Å². The molecule has 3 aromatic carbocycles. The molecule has 1 heterocycles. The summed E-state index contributed by atoms with van der Waals surface area (Å²) < 4.78 is 11.2. The minimum Gasteiger partial charge on any atom is -0.506 e. The van der Waals surface area contributed by atoms with Gasteiger partial charge in [-0.05, 0) is 50.1 Å². The van der Waals surface area contributed by atoms with E-state index in [1.54, 1.807) is 25.1 Å². The molecule has 37 heavy (non-hydrogen) atoms. The van der Waals surface area contributed by atoms with E-state index in [0.29, 0.717) is 28.4 Å². The molecule has 1 aliphatic rings. The highest BCUT2D eigenvalue weighted by molar-refractivity contribution is 8.18. The van der Waals surface area contributed by atoms with Crippen LogP contribution >= 0.6 is 11.8 Å². The number of ether oxygens (including phenoxy) is 2. The normalized spacial score (nSPS) is 15.3. The maximum atomic E-state index is 12.9.